The van der Waals surface area contributed by atoms with Gasteiger partial charge in [0.2, 0.25) is 0 Å². The molecule has 0 amide bonds. The van der Waals surface area contributed by atoms with E-state index in [4.69, 9.17) is 0 Å². The molecular weight excluding hydrogens is 412 g/mol. The molecule has 0 radical (unpaired) electrons. The van der Waals surface area contributed by atoms with Crippen LogP contribution in [0.5, 0.6) is 0 Å². The summed E-state index contributed by atoms with van der Waals surface area (Å²) in [4.78, 5) is 5.72. The number of piperidine rings is 2. The lowest BCUT2D eigenvalue weighted by Crippen LogP contribution is -2.49. The van der Waals surface area contributed by atoms with Crippen LogP contribution in [0.1, 0.15) is 103 Å². The normalized spacial score (nSPS) is 39.3. The SMILES string of the molecule is C1=CCCCCC[C@H]2CN3CC/C=C/CCCCCC[C@@H]4C[C@@H](CN(CC/C=C\C1)C4)[C@H]2CC3. The monoisotopic (exact) mass is 466 g/mol. The molecule has 0 aromatic carbocycles. The third kappa shape index (κ3) is 8.98. The quantitative estimate of drug-likeness (QED) is 0.333. The third-order valence-electron chi connectivity index (χ3n) is 9.30. The summed E-state index contributed by atoms with van der Waals surface area (Å²) in [6.07, 6.45) is 36.8. The van der Waals surface area contributed by atoms with E-state index in [-0.39, 0.29) is 0 Å². The number of allylic oxidation sites excluding steroid dienone is 4. The zero-order valence-corrected chi connectivity index (χ0v) is 22.2. The van der Waals surface area contributed by atoms with Crippen molar-refractivity contribution in [2.45, 2.75) is 103 Å². The fourth-order valence-corrected chi connectivity index (χ4v) is 7.46. The largest absolute Gasteiger partial charge is 0.303 e. The van der Waals surface area contributed by atoms with Crippen LogP contribution < -0.4 is 0 Å². The van der Waals surface area contributed by atoms with Gasteiger partial charge in [-0.1, -0.05) is 68.6 Å². The maximum Gasteiger partial charge on any atom is 0.00161 e. The predicted octanol–water partition coefficient (Wildman–Crippen LogP) is 8.02. The first kappa shape index (κ1) is 26.2. The van der Waals surface area contributed by atoms with Crippen LogP contribution in [0.4, 0.5) is 0 Å². The molecule has 2 nitrogen and oxygen atoms in total. The molecule has 5 aliphatic heterocycles. The average molecular weight is 467 g/mol. The van der Waals surface area contributed by atoms with Crippen LogP contribution >= 0.6 is 0 Å². The van der Waals surface area contributed by atoms with Crippen LogP contribution in [0.3, 0.4) is 0 Å². The van der Waals surface area contributed by atoms with E-state index in [0.29, 0.717) is 0 Å². The van der Waals surface area contributed by atoms with E-state index in [1.165, 1.54) is 136 Å². The lowest BCUT2D eigenvalue weighted by Gasteiger charge is -2.47. The highest BCUT2D eigenvalue weighted by molar-refractivity contribution is 4.95. The summed E-state index contributed by atoms with van der Waals surface area (Å²) in [5, 5.41) is 0. The van der Waals surface area contributed by atoms with Gasteiger partial charge in [-0.2, -0.15) is 0 Å². The highest BCUT2D eigenvalue weighted by Gasteiger charge is 2.38. The van der Waals surface area contributed by atoms with Gasteiger partial charge in [0.1, 0.15) is 0 Å². The summed E-state index contributed by atoms with van der Waals surface area (Å²) >= 11 is 0. The molecule has 0 aromatic heterocycles. The maximum absolute atomic E-state index is 2.89. The molecule has 6 bridgehead atoms. The molecule has 2 saturated heterocycles. The summed E-state index contributed by atoms with van der Waals surface area (Å²) in [6.45, 7) is 8.05. The van der Waals surface area contributed by atoms with Gasteiger partial charge in [-0.05, 0) is 101 Å². The Morgan fingerprint density at radius 3 is 2.00 bits per heavy atom. The van der Waals surface area contributed by atoms with Crippen molar-refractivity contribution in [3.63, 3.8) is 0 Å². The van der Waals surface area contributed by atoms with E-state index in [9.17, 15) is 0 Å². The smallest absolute Gasteiger partial charge is 0.00161 e. The van der Waals surface area contributed by atoms with Gasteiger partial charge in [0, 0.05) is 32.7 Å². The second kappa shape index (κ2) is 15.3. The van der Waals surface area contributed by atoms with Gasteiger partial charge in [-0.15, -0.1) is 0 Å². The fourth-order valence-electron chi connectivity index (χ4n) is 7.46. The minimum Gasteiger partial charge on any atom is -0.303 e. The Morgan fingerprint density at radius 1 is 0.471 bits per heavy atom. The lowest BCUT2D eigenvalue weighted by atomic mass is 9.69. The zero-order valence-electron chi connectivity index (χ0n) is 22.2. The molecule has 2 fully saturated rings. The standard InChI is InChI=1S/C32H54N2/c1-2-5-10-14-18-23-34-26-29-19-15-11-7-4-6-9-13-17-22-33-24-21-32(31(25-29)28-34)30(27-33)20-16-12-8-3-1/h1-2,9-10,13-14,29-32H,3-8,11-12,15-28H2/b2-1?,13-9+,14-10-/t29-,30+,31+,32+/m1/s1. The molecule has 5 aliphatic rings. The van der Waals surface area contributed by atoms with Gasteiger partial charge in [-0.3, -0.25) is 0 Å². The van der Waals surface area contributed by atoms with E-state index >= 15 is 0 Å². The Labute approximate surface area is 211 Å². The minimum absolute atomic E-state index is 0.935. The number of fused-ring (bicyclic) bond motifs is 10. The van der Waals surface area contributed by atoms with Crippen molar-refractivity contribution in [3.05, 3.63) is 36.5 Å². The molecule has 5 heterocycles. The van der Waals surface area contributed by atoms with E-state index in [0.717, 1.165) is 30.1 Å². The molecule has 0 aliphatic carbocycles. The molecule has 0 N–H and O–H groups in total. The summed E-state index contributed by atoms with van der Waals surface area (Å²) in [6, 6.07) is 0. The second-order valence-corrected chi connectivity index (χ2v) is 12.0. The first-order chi connectivity index (χ1) is 16.9. The summed E-state index contributed by atoms with van der Waals surface area (Å²) in [7, 11) is 0. The minimum atomic E-state index is 0.935. The molecule has 34 heavy (non-hydrogen) atoms. The first-order valence-electron chi connectivity index (χ1n) is 15.3. The summed E-state index contributed by atoms with van der Waals surface area (Å²) in [5.74, 6) is 3.80. The van der Waals surface area contributed by atoms with E-state index < -0.39 is 0 Å². The first-order valence-corrected chi connectivity index (χ1v) is 15.3. The van der Waals surface area contributed by atoms with Crippen LogP contribution in [0.15, 0.2) is 36.5 Å². The Balaban J connectivity index is 1.48. The molecule has 192 valence electrons. The van der Waals surface area contributed by atoms with Crippen molar-refractivity contribution in [1.29, 1.82) is 0 Å². The molecule has 6 atom stereocenters. The van der Waals surface area contributed by atoms with Gasteiger partial charge in [-0.25, -0.2) is 0 Å². The Morgan fingerprint density at radius 2 is 1.12 bits per heavy atom. The van der Waals surface area contributed by atoms with Gasteiger partial charge in [0.15, 0.2) is 0 Å². The van der Waals surface area contributed by atoms with Crippen molar-refractivity contribution >= 4 is 0 Å². The van der Waals surface area contributed by atoms with E-state index in [1.807, 2.05) is 0 Å². The molecule has 0 saturated carbocycles. The second-order valence-electron chi connectivity index (χ2n) is 12.0. The van der Waals surface area contributed by atoms with Crippen LogP contribution in [0.25, 0.3) is 0 Å². The maximum atomic E-state index is 2.89. The third-order valence-corrected chi connectivity index (χ3v) is 9.30. The highest BCUT2D eigenvalue weighted by atomic mass is 15.1. The molecule has 2 unspecified atom stereocenters. The lowest BCUT2D eigenvalue weighted by molar-refractivity contribution is 0.0203. The fraction of sp³-hybridized carbons (Fsp3) is 0.812. The van der Waals surface area contributed by atoms with Crippen molar-refractivity contribution < 1.29 is 0 Å². The van der Waals surface area contributed by atoms with Crippen LogP contribution in [-0.2, 0) is 0 Å². The van der Waals surface area contributed by atoms with E-state index in [1.54, 1.807) is 0 Å². The number of hydrogen-bond donors (Lipinski definition) is 0. The molecular formula is C32H54N2. The number of rotatable bonds is 0. The average Bonchev–Trinajstić information content (AvgIpc) is 2.85. The van der Waals surface area contributed by atoms with Crippen molar-refractivity contribution in [3.8, 4) is 0 Å². The molecule has 2 heteroatoms. The van der Waals surface area contributed by atoms with Crippen molar-refractivity contribution in [2.24, 2.45) is 23.7 Å². The Bertz CT molecular complexity index is 635. The Hall–Kier alpha value is -0.860. The van der Waals surface area contributed by atoms with Gasteiger partial charge in [0.25, 0.3) is 0 Å². The summed E-state index contributed by atoms with van der Waals surface area (Å²) in [5.41, 5.74) is 0. The van der Waals surface area contributed by atoms with Gasteiger partial charge >= 0.3 is 0 Å². The highest BCUT2D eigenvalue weighted by Crippen LogP contribution is 2.40. The molecule has 0 spiro atoms. The zero-order chi connectivity index (χ0) is 23.3. The Kier molecular flexibility index (Phi) is 11.8. The van der Waals surface area contributed by atoms with E-state index in [2.05, 4.69) is 46.3 Å². The van der Waals surface area contributed by atoms with Crippen LogP contribution in [0, 0.1) is 23.7 Å². The predicted molar refractivity (Wildman–Crippen MR) is 148 cm³/mol. The number of nitrogens with zero attached hydrogens (tertiary/aromatic N) is 2. The molecule has 5 rings (SSSR count). The molecule has 0 aromatic rings. The van der Waals surface area contributed by atoms with Crippen LogP contribution in [0.2, 0.25) is 0 Å². The van der Waals surface area contributed by atoms with Crippen molar-refractivity contribution in [1.82, 2.24) is 9.80 Å². The number of hydrogen-bond acceptors (Lipinski definition) is 2. The topological polar surface area (TPSA) is 6.48 Å². The van der Waals surface area contributed by atoms with Gasteiger partial charge < -0.3 is 9.80 Å². The van der Waals surface area contributed by atoms with Gasteiger partial charge in [0.05, 0.1) is 0 Å². The van der Waals surface area contributed by atoms with Crippen molar-refractivity contribution in [2.75, 3.05) is 39.3 Å². The van der Waals surface area contributed by atoms with Crippen LogP contribution in [-0.4, -0.2) is 49.1 Å². The summed E-state index contributed by atoms with van der Waals surface area (Å²) < 4.78 is 0.